The monoisotopic (exact) mass is 529 g/mol. The summed E-state index contributed by atoms with van der Waals surface area (Å²) in [6, 6.07) is 24.8. The lowest BCUT2D eigenvalue weighted by Crippen LogP contribution is -2.47. The fraction of sp³-hybridized carbons (Fsp3) is 0.333. The number of aromatic nitrogens is 3. The van der Waals surface area contributed by atoms with Crippen LogP contribution in [0.15, 0.2) is 72.8 Å². The Morgan fingerprint density at radius 2 is 1.42 bits per heavy atom. The second-order valence-electron chi connectivity index (χ2n) is 9.83. The van der Waals surface area contributed by atoms with Gasteiger partial charge in [-0.2, -0.15) is 0 Å². The average molecular weight is 530 g/mol. The zero-order chi connectivity index (χ0) is 26.6. The van der Waals surface area contributed by atoms with Crippen LogP contribution in [-0.2, 0) is 6.67 Å². The van der Waals surface area contributed by atoms with Gasteiger partial charge < -0.3 is 14.4 Å². The van der Waals surface area contributed by atoms with E-state index < -0.39 is 0 Å². The fourth-order valence-electron chi connectivity index (χ4n) is 4.95. The Kier molecular flexibility index (Phi) is 7.81. The first-order valence-corrected chi connectivity index (χ1v) is 13.4. The molecule has 0 saturated carbocycles. The number of hydrogen-bond acceptors (Lipinski definition) is 6. The molecule has 1 aromatic heterocycles. The van der Waals surface area contributed by atoms with Crippen molar-refractivity contribution in [3.8, 4) is 28.6 Å². The van der Waals surface area contributed by atoms with Gasteiger partial charge in [0.25, 0.3) is 0 Å². The molecule has 1 saturated heterocycles. The highest BCUT2D eigenvalue weighted by atomic mass is 32.1. The molecule has 0 amide bonds. The van der Waals surface area contributed by atoms with Crippen molar-refractivity contribution in [2.24, 2.45) is 0 Å². The van der Waals surface area contributed by atoms with Crippen molar-refractivity contribution < 1.29 is 9.47 Å². The van der Waals surface area contributed by atoms with E-state index in [2.05, 4.69) is 64.6 Å². The number of para-hydroxylation sites is 1. The minimum absolute atomic E-state index is 0.353. The zero-order valence-corrected chi connectivity index (χ0v) is 23.3. The van der Waals surface area contributed by atoms with Crippen LogP contribution in [0.1, 0.15) is 25.3 Å². The lowest BCUT2D eigenvalue weighted by molar-refractivity contribution is 0.194. The van der Waals surface area contributed by atoms with Gasteiger partial charge in [0.05, 0.1) is 26.6 Å². The molecule has 0 aliphatic carbocycles. The molecule has 7 nitrogen and oxygen atoms in total. The van der Waals surface area contributed by atoms with Gasteiger partial charge in [-0.15, -0.1) is 5.10 Å². The predicted molar refractivity (Wildman–Crippen MR) is 155 cm³/mol. The maximum atomic E-state index is 6.07. The summed E-state index contributed by atoms with van der Waals surface area (Å²) in [5.74, 6) is 2.88. The number of anilines is 1. The Morgan fingerprint density at radius 1 is 0.816 bits per heavy atom. The van der Waals surface area contributed by atoms with Gasteiger partial charge in [0.2, 0.25) is 4.77 Å². The molecule has 0 bridgehead atoms. The second-order valence-corrected chi connectivity index (χ2v) is 10.2. The third kappa shape index (κ3) is 5.33. The zero-order valence-electron chi connectivity index (χ0n) is 22.5. The van der Waals surface area contributed by atoms with Crippen LogP contribution in [0.3, 0.4) is 0 Å². The third-order valence-electron chi connectivity index (χ3n) is 7.13. The highest BCUT2D eigenvalue weighted by molar-refractivity contribution is 7.71. The van der Waals surface area contributed by atoms with Crippen molar-refractivity contribution in [2.75, 3.05) is 45.3 Å². The van der Waals surface area contributed by atoms with Gasteiger partial charge in [-0.05, 0) is 78.3 Å². The summed E-state index contributed by atoms with van der Waals surface area (Å²) in [6.07, 6.45) is 0. The summed E-state index contributed by atoms with van der Waals surface area (Å²) >= 11 is 6.07. The van der Waals surface area contributed by atoms with E-state index in [0.29, 0.717) is 17.4 Å². The number of methoxy groups -OCH3 is 2. The molecule has 3 aromatic carbocycles. The molecule has 8 heteroatoms. The number of nitrogens with zero attached hydrogens (tertiary/aromatic N) is 5. The summed E-state index contributed by atoms with van der Waals surface area (Å²) in [6.45, 7) is 8.83. The number of hydrogen-bond donors (Lipinski definition) is 0. The normalized spacial score (nSPS) is 14.2. The maximum Gasteiger partial charge on any atom is 0.204 e. The minimum Gasteiger partial charge on any atom is -0.497 e. The highest BCUT2D eigenvalue weighted by Crippen LogP contribution is 2.30. The quantitative estimate of drug-likeness (QED) is 0.261. The molecule has 0 radical (unpaired) electrons. The number of ether oxygens (including phenoxy) is 2. The SMILES string of the molecule is COc1ccc(-c2nn(CN3CCN(c4ccc(OC)cc4)CC3)c(=S)n2-c2ccccc2C(C)C)cc1. The van der Waals surface area contributed by atoms with E-state index in [-0.39, 0.29) is 0 Å². The van der Waals surface area contributed by atoms with Gasteiger partial charge in [-0.25, -0.2) is 4.68 Å². The first kappa shape index (κ1) is 26.0. The number of benzene rings is 3. The highest BCUT2D eigenvalue weighted by Gasteiger charge is 2.22. The molecule has 4 aromatic rings. The van der Waals surface area contributed by atoms with E-state index in [1.54, 1.807) is 14.2 Å². The van der Waals surface area contributed by atoms with Crippen LogP contribution in [-0.4, -0.2) is 59.6 Å². The molecule has 198 valence electrons. The van der Waals surface area contributed by atoms with Crippen LogP contribution >= 0.6 is 12.2 Å². The van der Waals surface area contributed by atoms with Gasteiger partial charge in [0, 0.05) is 37.4 Å². The lowest BCUT2D eigenvalue weighted by atomic mass is 10.0. The first-order valence-electron chi connectivity index (χ1n) is 13.0. The van der Waals surface area contributed by atoms with E-state index in [1.807, 2.05) is 41.1 Å². The molecular formula is C30H35N5O2S. The predicted octanol–water partition coefficient (Wildman–Crippen LogP) is 5.99. The van der Waals surface area contributed by atoms with Gasteiger partial charge in [0.1, 0.15) is 11.5 Å². The van der Waals surface area contributed by atoms with Crippen LogP contribution in [0, 0.1) is 4.77 Å². The van der Waals surface area contributed by atoms with Crippen molar-refractivity contribution in [2.45, 2.75) is 26.4 Å². The van der Waals surface area contributed by atoms with Crippen molar-refractivity contribution in [3.63, 3.8) is 0 Å². The summed E-state index contributed by atoms with van der Waals surface area (Å²) in [5, 5.41) is 5.07. The van der Waals surface area contributed by atoms with Gasteiger partial charge >= 0.3 is 0 Å². The largest absolute Gasteiger partial charge is 0.497 e. The fourth-order valence-corrected chi connectivity index (χ4v) is 5.24. The average Bonchev–Trinajstić information content (AvgIpc) is 3.28. The topological polar surface area (TPSA) is 47.7 Å². The molecule has 1 fully saturated rings. The van der Waals surface area contributed by atoms with Gasteiger partial charge in [-0.3, -0.25) is 9.47 Å². The Hall–Kier alpha value is -3.62. The van der Waals surface area contributed by atoms with Crippen molar-refractivity contribution in [3.05, 3.63) is 83.1 Å². The van der Waals surface area contributed by atoms with E-state index >= 15 is 0 Å². The van der Waals surface area contributed by atoms with E-state index in [4.69, 9.17) is 26.8 Å². The van der Waals surface area contributed by atoms with Crippen molar-refractivity contribution in [1.82, 2.24) is 19.2 Å². The van der Waals surface area contributed by atoms with Gasteiger partial charge in [0.15, 0.2) is 5.82 Å². The van der Waals surface area contributed by atoms with E-state index in [1.165, 1.54) is 11.3 Å². The molecule has 5 rings (SSSR count). The van der Waals surface area contributed by atoms with Crippen LogP contribution in [0.4, 0.5) is 5.69 Å². The van der Waals surface area contributed by atoms with Crippen LogP contribution < -0.4 is 14.4 Å². The molecule has 0 spiro atoms. The number of piperazine rings is 1. The van der Waals surface area contributed by atoms with Crippen LogP contribution in [0.25, 0.3) is 17.1 Å². The molecule has 0 N–H and O–H groups in total. The smallest absolute Gasteiger partial charge is 0.204 e. The lowest BCUT2D eigenvalue weighted by Gasteiger charge is -2.35. The van der Waals surface area contributed by atoms with Crippen molar-refractivity contribution in [1.29, 1.82) is 0 Å². The molecule has 2 heterocycles. The Balaban J connectivity index is 1.43. The second kappa shape index (κ2) is 11.4. The van der Waals surface area contributed by atoms with E-state index in [9.17, 15) is 0 Å². The minimum atomic E-state index is 0.353. The first-order chi connectivity index (χ1) is 18.5. The Labute approximate surface area is 229 Å². The van der Waals surface area contributed by atoms with Crippen LogP contribution in [0.5, 0.6) is 11.5 Å². The summed E-state index contributed by atoms with van der Waals surface area (Å²) in [5.41, 5.74) is 4.54. The molecule has 0 unspecified atom stereocenters. The molecular weight excluding hydrogens is 494 g/mol. The van der Waals surface area contributed by atoms with Gasteiger partial charge in [-0.1, -0.05) is 32.0 Å². The Morgan fingerprint density at radius 3 is 2.03 bits per heavy atom. The molecule has 0 atom stereocenters. The molecule has 1 aliphatic heterocycles. The van der Waals surface area contributed by atoms with E-state index in [0.717, 1.165) is 54.8 Å². The summed E-state index contributed by atoms with van der Waals surface area (Å²) in [4.78, 5) is 4.83. The Bertz CT molecular complexity index is 1420. The summed E-state index contributed by atoms with van der Waals surface area (Å²) < 4.78 is 15.5. The standard InChI is InChI=1S/C30H35N5O2S/c1-22(2)27-7-5-6-8-28(27)35-29(23-9-13-25(36-3)14-10-23)31-34(30(35)38)21-32-17-19-33(20-18-32)24-11-15-26(37-4)16-12-24/h5-16,22H,17-21H2,1-4H3. The summed E-state index contributed by atoms with van der Waals surface area (Å²) in [7, 11) is 3.38. The van der Waals surface area contributed by atoms with Crippen molar-refractivity contribution >= 4 is 17.9 Å². The maximum absolute atomic E-state index is 6.07. The third-order valence-corrected chi connectivity index (χ3v) is 7.52. The van der Waals surface area contributed by atoms with Crippen LogP contribution in [0.2, 0.25) is 0 Å². The molecule has 1 aliphatic rings. The number of rotatable bonds is 8. The molecule has 38 heavy (non-hydrogen) atoms.